The van der Waals surface area contributed by atoms with E-state index in [1.54, 1.807) is 24.4 Å². The van der Waals surface area contributed by atoms with Crippen LogP contribution in [0.25, 0.3) is 11.4 Å². The fourth-order valence-electron chi connectivity index (χ4n) is 3.06. The number of carbonyl (C=O) groups excluding carboxylic acids is 1. The number of hydrogen-bond donors (Lipinski definition) is 2. The molecule has 1 amide bonds. The summed E-state index contributed by atoms with van der Waals surface area (Å²) in [4.78, 5) is 11.9. The zero-order valence-electron chi connectivity index (χ0n) is 16.2. The molecule has 152 valence electrons. The highest BCUT2D eigenvalue weighted by molar-refractivity contribution is 6.37. The van der Waals surface area contributed by atoms with Gasteiger partial charge in [-0.15, -0.1) is 0 Å². The van der Waals surface area contributed by atoms with E-state index in [1.807, 2.05) is 49.0 Å². The number of amides is 1. The van der Waals surface area contributed by atoms with Crippen LogP contribution in [0.4, 0.5) is 11.4 Å². The van der Waals surface area contributed by atoms with Gasteiger partial charge in [0.25, 0.3) is 5.91 Å². The van der Waals surface area contributed by atoms with Crippen LogP contribution in [0.15, 0.2) is 54.9 Å². The molecule has 0 aliphatic rings. The number of carbonyl (C=O) groups is 1. The van der Waals surface area contributed by atoms with Gasteiger partial charge >= 0.3 is 0 Å². The number of aromatic nitrogens is 4. The molecule has 0 fully saturated rings. The second-order valence-corrected chi connectivity index (χ2v) is 7.58. The highest BCUT2D eigenvalue weighted by Crippen LogP contribution is 2.30. The molecule has 3 N–H and O–H groups in total. The van der Waals surface area contributed by atoms with Gasteiger partial charge in [0, 0.05) is 11.4 Å². The van der Waals surface area contributed by atoms with Crippen LogP contribution in [0.2, 0.25) is 10.0 Å². The smallest absolute Gasteiger partial charge is 0.271 e. The van der Waals surface area contributed by atoms with Crippen LogP contribution in [-0.4, -0.2) is 25.5 Å². The van der Waals surface area contributed by atoms with E-state index in [-0.39, 0.29) is 5.69 Å². The molecule has 7 nitrogen and oxygen atoms in total. The zero-order chi connectivity index (χ0) is 21.4. The number of halogens is 2. The lowest BCUT2D eigenvalue weighted by atomic mass is 10.2. The molecule has 2 aromatic carbocycles. The number of aryl methyl sites for hydroxylation is 1. The maximum Gasteiger partial charge on any atom is 0.271 e. The summed E-state index contributed by atoms with van der Waals surface area (Å²) in [6.45, 7) is 4.03. The summed E-state index contributed by atoms with van der Waals surface area (Å²) in [5.41, 5.74) is 10.4. The van der Waals surface area contributed by atoms with Gasteiger partial charge in [-0.2, -0.15) is 10.2 Å². The largest absolute Gasteiger partial charge is 0.364 e. The van der Waals surface area contributed by atoms with Gasteiger partial charge in [0.05, 0.1) is 33.8 Å². The van der Waals surface area contributed by atoms with E-state index in [0.29, 0.717) is 21.4 Å². The number of nitrogens with zero attached hydrogens (tertiary/aromatic N) is 4. The van der Waals surface area contributed by atoms with Crippen molar-refractivity contribution in [3.05, 3.63) is 81.9 Å². The Balaban J connectivity index is 1.67. The fourth-order valence-corrected chi connectivity index (χ4v) is 3.63. The predicted molar refractivity (Wildman–Crippen MR) is 118 cm³/mol. The Morgan fingerprint density at radius 3 is 2.30 bits per heavy atom. The number of nitrogens with two attached hydrogens (primary N) is 1. The van der Waals surface area contributed by atoms with E-state index in [9.17, 15) is 4.79 Å². The van der Waals surface area contributed by atoms with Crippen molar-refractivity contribution in [1.29, 1.82) is 0 Å². The number of benzene rings is 2. The van der Waals surface area contributed by atoms with Gasteiger partial charge in [0.1, 0.15) is 5.69 Å². The monoisotopic (exact) mass is 440 g/mol. The summed E-state index contributed by atoms with van der Waals surface area (Å²) in [6, 6.07) is 12.8. The molecule has 0 aliphatic carbocycles. The molecule has 2 aromatic heterocycles. The molecular weight excluding hydrogens is 423 g/mol. The van der Waals surface area contributed by atoms with Gasteiger partial charge < -0.3 is 11.1 Å². The number of rotatable bonds is 5. The first-order valence-electron chi connectivity index (χ1n) is 9.07. The highest BCUT2D eigenvalue weighted by Gasteiger charge is 2.18. The molecule has 4 aromatic rings. The Morgan fingerprint density at radius 2 is 1.73 bits per heavy atom. The van der Waals surface area contributed by atoms with Crippen LogP contribution >= 0.6 is 23.2 Å². The van der Waals surface area contributed by atoms with E-state index in [2.05, 4.69) is 15.5 Å². The Morgan fingerprint density at radius 1 is 1.07 bits per heavy atom. The van der Waals surface area contributed by atoms with E-state index in [1.165, 1.54) is 4.68 Å². The summed E-state index contributed by atoms with van der Waals surface area (Å²) >= 11 is 12.5. The van der Waals surface area contributed by atoms with Crippen LogP contribution in [0.3, 0.4) is 0 Å². The minimum Gasteiger partial charge on any atom is -0.364 e. The second-order valence-electron chi connectivity index (χ2n) is 6.77. The van der Waals surface area contributed by atoms with Crippen molar-refractivity contribution in [2.45, 2.75) is 13.8 Å². The Bertz CT molecular complexity index is 1220. The third-order valence-corrected chi connectivity index (χ3v) is 5.37. The molecule has 0 aliphatic heterocycles. The Labute approximate surface area is 183 Å². The maximum absolute atomic E-state index is 11.9. The van der Waals surface area contributed by atoms with Crippen LogP contribution in [0.5, 0.6) is 0 Å². The van der Waals surface area contributed by atoms with Crippen LogP contribution in [-0.2, 0) is 0 Å². The van der Waals surface area contributed by atoms with Gasteiger partial charge in [-0.05, 0) is 55.8 Å². The number of nitrogens with one attached hydrogen (secondary N) is 1. The summed E-state index contributed by atoms with van der Waals surface area (Å²) < 4.78 is 3.31. The van der Waals surface area contributed by atoms with Gasteiger partial charge in [-0.3, -0.25) is 4.79 Å². The highest BCUT2D eigenvalue weighted by atomic mass is 35.5. The van der Waals surface area contributed by atoms with Crippen molar-refractivity contribution >= 4 is 40.5 Å². The van der Waals surface area contributed by atoms with Crippen molar-refractivity contribution in [2.24, 2.45) is 5.73 Å². The van der Waals surface area contributed by atoms with Crippen LogP contribution < -0.4 is 11.1 Å². The minimum atomic E-state index is -0.668. The molecule has 30 heavy (non-hydrogen) atoms. The molecule has 0 bridgehead atoms. The number of primary amides is 1. The topological polar surface area (TPSA) is 90.8 Å². The van der Waals surface area contributed by atoms with Crippen LogP contribution in [0.1, 0.15) is 21.7 Å². The third-order valence-electron chi connectivity index (χ3n) is 4.76. The molecule has 4 rings (SSSR count). The zero-order valence-corrected chi connectivity index (χ0v) is 17.7. The molecule has 0 saturated heterocycles. The maximum atomic E-state index is 11.9. The standard InChI is InChI=1S/C21H18Cl2N6O/c1-12-10-25-29(13(12)2)15-8-6-14(7-9-15)26-18-11-28(27-19(18)21(24)30)20-16(22)4-3-5-17(20)23/h3-11,26H,1-2H3,(H2,24,30). The third kappa shape index (κ3) is 3.65. The number of para-hydroxylation sites is 1. The minimum absolute atomic E-state index is 0.0774. The van der Waals surface area contributed by atoms with Crippen molar-refractivity contribution in [3.63, 3.8) is 0 Å². The van der Waals surface area contributed by atoms with Gasteiger partial charge in [-0.1, -0.05) is 29.3 Å². The van der Waals surface area contributed by atoms with Crippen molar-refractivity contribution < 1.29 is 4.79 Å². The summed E-state index contributed by atoms with van der Waals surface area (Å²) in [7, 11) is 0. The summed E-state index contributed by atoms with van der Waals surface area (Å²) in [5.74, 6) is -0.668. The van der Waals surface area contributed by atoms with Crippen LogP contribution in [0, 0.1) is 13.8 Å². The first-order chi connectivity index (χ1) is 14.3. The quantitative estimate of drug-likeness (QED) is 0.465. The number of hydrogen-bond acceptors (Lipinski definition) is 4. The van der Waals surface area contributed by atoms with Crippen molar-refractivity contribution in [1.82, 2.24) is 19.6 Å². The van der Waals surface area contributed by atoms with Crippen molar-refractivity contribution in [2.75, 3.05) is 5.32 Å². The lowest BCUT2D eigenvalue weighted by Gasteiger charge is -2.08. The molecule has 0 spiro atoms. The first-order valence-corrected chi connectivity index (χ1v) is 9.83. The molecule has 0 atom stereocenters. The van der Waals surface area contributed by atoms with Gasteiger partial charge in [0.2, 0.25) is 0 Å². The lowest BCUT2D eigenvalue weighted by Crippen LogP contribution is -2.14. The summed E-state index contributed by atoms with van der Waals surface area (Å²) in [5, 5.41) is 12.7. The molecule has 0 saturated carbocycles. The lowest BCUT2D eigenvalue weighted by molar-refractivity contribution is 0.0996. The van der Waals surface area contributed by atoms with E-state index >= 15 is 0 Å². The molecule has 0 unspecified atom stereocenters. The first kappa shape index (κ1) is 20.0. The summed E-state index contributed by atoms with van der Waals surface area (Å²) in [6.07, 6.45) is 3.46. The average molecular weight is 441 g/mol. The molecule has 2 heterocycles. The average Bonchev–Trinajstić information content (AvgIpc) is 3.26. The predicted octanol–water partition coefficient (Wildman–Crippen LogP) is 4.82. The Hall–Kier alpha value is -3.29. The van der Waals surface area contributed by atoms with Crippen molar-refractivity contribution in [3.8, 4) is 11.4 Å². The van der Waals surface area contributed by atoms with Gasteiger partial charge in [0.15, 0.2) is 5.69 Å². The number of anilines is 2. The Kier molecular flexibility index (Phi) is 5.24. The second kappa shape index (κ2) is 7.85. The molecule has 0 radical (unpaired) electrons. The van der Waals surface area contributed by atoms with E-state index in [0.717, 1.165) is 22.6 Å². The van der Waals surface area contributed by atoms with E-state index in [4.69, 9.17) is 28.9 Å². The molecular formula is C21H18Cl2N6O. The van der Waals surface area contributed by atoms with E-state index < -0.39 is 5.91 Å². The fraction of sp³-hybridized carbons (Fsp3) is 0.0952. The molecule has 9 heteroatoms. The van der Waals surface area contributed by atoms with Gasteiger partial charge in [-0.25, -0.2) is 9.36 Å². The SMILES string of the molecule is Cc1cnn(-c2ccc(Nc3cn(-c4c(Cl)cccc4Cl)nc3C(N)=O)cc2)c1C. The normalized spacial score (nSPS) is 10.9.